The summed E-state index contributed by atoms with van der Waals surface area (Å²) in [5, 5.41) is 3.51. The van der Waals surface area contributed by atoms with Gasteiger partial charge in [-0.25, -0.2) is 9.97 Å². The van der Waals surface area contributed by atoms with E-state index in [2.05, 4.69) is 36.1 Å². The van der Waals surface area contributed by atoms with Crippen molar-refractivity contribution in [2.45, 2.75) is 51.9 Å². The molecule has 0 bridgehead atoms. The molecular weight excluding hydrogens is 248 g/mol. The lowest BCUT2D eigenvalue weighted by atomic mass is 9.95. The summed E-state index contributed by atoms with van der Waals surface area (Å²) in [5.74, 6) is 5.00. The number of nitrogen functional groups attached to an aromatic ring is 1. The highest BCUT2D eigenvalue weighted by atomic mass is 15.1. The molecule has 1 aromatic rings. The zero-order valence-corrected chi connectivity index (χ0v) is 12.8. The molecule has 1 heterocycles. The number of rotatable bonds is 5. The van der Waals surface area contributed by atoms with Gasteiger partial charge >= 0.3 is 0 Å². The summed E-state index contributed by atoms with van der Waals surface area (Å²) in [6, 6.07) is 1.85. The third-order valence-electron chi connectivity index (χ3n) is 4.39. The summed E-state index contributed by atoms with van der Waals surface area (Å²) in [5.41, 5.74) is 5.84. The Morgan fingerprint density at radius 1 is 1.20 bits per heavy atom. The number of hydrogen-bond acceptors (Lipinski definition) is 4. The molecule has 4 heteroatoms. The minimum absolute atomic E-state index is 0.0712. The molecule has 0 atom stereocenters. The number of hydrogen-bond donors (Lipinski definition) is 2. The van der Waals surface area contributed by atoms with E-state index in [0.717, 1.165) is 35.9 Å². The van der Waals surface area contributed by atoms with Gasteiger partial charge in [0.05, 0.1) is 0 Å². The van der Waals surface area contributed by atoms with Crippen LogP contribution in [0, 0.1) is 17.8 Å². The summed E-state index contributed by atoms with van der Waals surface area (Å²) in [4.78, 5) is 8.99. The largest absolute Gasteiger partial charge is 0.384 e. The van der Waals surface area contributed by atoms with Crippen LogP contribution in [0.3, 0.4) is 0 Å². The molecule has 0 spiro atoms. The fraction of sp³-hybridized carbons (Fsp3) is 0.750. The molecule has 2 saturated carbocycles. The Kier molecular flexibility index (Phi) is 3.35. The molecule has 2 aliphatic carbocycles. The van der Waals surface area contributed by atoms with E-state index in [1.807, 2.05) is 6.07 Å². The molecule has 20 heavy (non-hydrogen) atoms. The van der Waals surface area contributed by atoms with E-state index in [4.69, 9.17) is 5.73 Å². The molecule has 1 aromatic heterocycles. The van der Waals surface area contributed by atoms with Gasteiger partial charge in [-0.2, -0.15) is 0 Å². The van der Waals surface area contributed by atoms with Crippen LogP contribution in [0.15, 0.2) is 6.07 Å². The molecule has 0 amide bonds. The molecule has 0 aromatic carbocycles. The van der Waals surface area contributed by atoms with Crippen molar-refractivity contribution in [2.75, 3.05) is 17.6 Å². The Hall–Kier alpha value is -1.32. The zero-order chi connectivity index (χ0) is 14.3. The molecule has 110 valence electrons. The molecule has 0 aliphatic heterocycles. The summed E-state index contributed by atoms with van der Waals surface area (Å²) < 4.78 is 0. The van der Waals surface area contributed by atoms with Crippen molar-refractivity contribution in [3.8, 4) is 0 Å². The van der Waals surface area contributed by atoms with Crippen LogP contribution in [0.1, 0.15) is 52.3 Å². The Morgan fingerprint density at radius 2 is 1.80 bits per heavy atom. The normalized spacial score (nSPS) is 19.4. The van der Waals surface area contributed by atoms with Gasteiger partial charge in [-0.1, -0.05) is 20.8 Å². The lowest BCUT2D eigenvalue weighted by Gasteiger charge is -2.20. The van der Waals surface area contributed by atoms with Crippen molar-refractivity contribution in [1.82, 2.24) is 9.97 Å². The van der Waals surface area contributed by atoms with Crippen molar-refractivity contribution in [3.05, 3.63) is 11.9 Å². The van der Waals surface area contributed by atoms with Gasteiger partial charge in [0.1, 0.15) is 17.5 Å². The minimum atomic E-state index is -0.0712. The summed E-state index contributed by atoms with van der Waals surface area (Å²) in [6.45, 7) is 7.38. The van der Waals surface area contributed by atoms with Crippen LogP contribution in [0.2, 0.25) is 0 Å². The van der Waals surface area contributed by atoms with Crippen LogP contribution >= 0.6 is 0 Å². The second-order valence-corrected chi connectivity index (χ2v) is 7.47. The molecule has 0 radical (unpaired) electrons. The zero-order valence-electron chi connectivity index (χ0n) is 12.8. The van der Waals surface area contributed by atoms with Gasteiger partial charge in [0.25, 0.3) is 0 Å². The predicted octanol–water partition coefficient (Wildman–Crippen LogP) is 3.20. The van der Waals surface area contributed by atoms with Gasteiger partial charge in [0.15, 0.2) is 0 Å². The maximum Gasteiger partial charge on any atom is 0.138 e. The van der Waals surface area contributed by atoms with Gasteiger partial charge in [-0.3, -0.25) is 0 Å². The SMILES string of the molecule is CC(C)(C)c1nc(N)cc(NCC(C2CC2)C2CC2)n1. The summed E-state index contributed by atoms with van der Waals surface area (Å²) in [6.07, 6.45) is 5.67. The van der Waals surface area contributed by atoms with Gasteiger partial charge in [0.2, 0.25) is 0 Å². The lowest BCUT2D eigenvalue weighted by Crippen LogP contribution is -2.21. The van der Waals surface area contributed by atoms with Gasteiger partial charge < -0.3 is 11.1 Å². The molecule has 2 aliphatic rings. The number of nitrogens with zero attached hydrogens (tertiary/aromatic N) is 2. The number of anilines is 2. The Labute approximate surface area is 121 Å². The molecule has 2 fully saturated rings. The Bertz CT molecular complexity index is 472. The van der Waals surface area contributed by atoms with E-state index >= 15 is 0 Å². The van der Waals surface area contributed by atoms with Crippen molar-refractivity contribution >= 4 is 11.6 Å². The highest BCUT2D eigenvalue weighted by molar-refractivity contribution is 5.45. The highest BCUT2D eigenvalue weighted by Gasteiger charge is 2.41. The van der Waals surface area contributed by atoms with Gasteiger partial charge in [-0.05, 0) is 43.4 Å². The van der Waals surface area contributed by atoms with E-state index in [-0.39, 0.29) is 5.41 Å². The maximum absolute atomic E-state index is 5.92. The monoisotopic (exact) mass is 274 g/mol. The van der Waals surface area contributed by atoms with Crippen LogP contribution in [0.5, 0.6) is 0 Å². The molecule has 3 rings (SSSR count). The summed E-state index contributed by atoms with van der Waals surface area (Å²) in [7, 11) is 0. The maximum atomic E-state index is 5.92. The Morgan fingerprint density at radius 3 is 2.30 bits per heavy atom. The second kappa shape index (κ2) is 4.90. The van der Waals surface area contributed by atoms with Crippen LogP contribution in [0.4, 0.5) is 11.6 Å². The average molecular weight is 274 g/mol. The highest BCUT2D eigenvalue weighted by Crippen LogP contribution is 2.49. The average Bonchev–Trinajstić information content (AvgIpc) is 3.22. The third kappa shape index (κ3) is 3.22. The van der Waals surface area contributed by atoms with E-state index in [9.17, 15) is 0 Å². The van der Waals surface area contributed by atoms with Crippen LogP contribution in [-0.2, 0) is 5.41 Å². The van der Waals surface area contributed by atoms with E-state index in [1.54, 1.807) is 0 Å². The van der Waals surface area contributed by atoms with Crippen LogP contribution in [-0.4, -0.2) is 16.5 Å². The van der Waals surface area contributed by atoms with E-state index in [0.29, 0.717) is 5.82 Å². The van der Waals surface area contributed by atoms with Crippen molar-refractivity contribution in [1.29, 1.82) is 0 Å². The van der Waals surface area contributed by atoms with Crippen molar-refractivity contribution in [3.63, 3.8) is 0 Å². The first-order valence-electron chi connectivity index (χ1n) is 7.82. The smallest absolute Gasteiger partial charge is 0.138 e. The molecule has 4 nitrogen and oxygen atoms in total. The number of aromatic nitrogens is 2. The van der Waals surface area contributed by atoms with Crippen LogP contribution in [0.25, 0.3) is 0 Å². The quantitative estimate of drug-likeness (QED) is 0.865. The fourth-order valence-electron chi connectivity index (χ4n) is 2.88. The first-order chi connectivity index (χ1) is 9.43. The minimum Gasteiger partial charge on any atom is -0.384 e. The summed E-state index contributed by atoms with van der Waals surface area (Å²) >= 11 is 0. The topological polar surface area (TPSA) is 63.8 Å². The number of nitrogens with one attached hydrogen (secondary N) is 1. The van der Waals surface area contributed by atoms with E-state index < -0.39 is 0 Å². The van der Waals surface area contributed by atoms with Crippen LogP contribution < -0.4 is 11.1 Å². The third-order valence-corrected chi connectivity index (χ3v) is 4.39. The Balaban J connectivity index is 1.68. The molecular formula is C16H26N4. The van der Waals surface area contributed by atoms with Crippen molar-refractivity contribution < 1.29 is 0 Å². The molecule has 0 unspecified atom stereocenters. The first-order valence-corrected chi connectivity index (χ1v) is 7.82. The van der Waals surface area contributed by atoms with Crippen molar-refractivity contribution in [2.24, 2.45) is 17.8 Å². The predicted molar refractivity (Wildman–Crippen MR) is 82.6 cm³/mol. The number of nitrogens with two attached hydrogens (primary N) is 1. The van der Waals surface area contributed by atoms with Gasteiger partial charge in [0, 0.05) is 18.0 Å². The fourth-order valence-corrected chi connectivity index (χ4v) is 2.88. The lowest BCUT2D eigenvalue weighted by molar-refractivity contribution is 0.427. The van der Waals surface area contributed by atoms with Gasteiger partial charge in [-0.15, -0.1) is 0 Å². The first kappa shape index (κ1) is 13.7. The molecule has 0 saturated heterocycles. The standard InChI is InChI=1S/C16H26N4/c1-16(2,3)15-19-13(17)8-14(20-15)18-9-12(10-4-5-10)11-6-7-11/h8,10-12H,4-7,9H2,1-3H3,(H3,17,18,19,20). The van der Waals surface area contributed by atoms with E-state index in [1.165, 1.54) is 25.7 Å². The molecule has 3 N–H and O–H groups in total. The second-order valence-electron chi connectivity index (χ2n) is 7.47.